The van der Waals surface area contributed by atoms with Crippen molar-refractivity contribution in [1.29, 1.82) is 0 Å². The van der Waals surface area contributed by atoms with Crippen LogP contribution in [0.25, 0.3) is 10.9 Å². The molecule has 102 valence electrons. The first kappa shape index (κ1) is 12.5. The van der Waals surface area contributed by atoms with Crippen LogP contribution in [-0.2, 0) is 6.54 Å². The van der Waals surface area contributed by atoms with Gasteiger partial charge in [0, 0.05) is 18.3 Å². The summed E-state index contributed by atoms with van der Waals surface area (Å²) in [4.78, 5) is 4.40. The van der Waals surface area contributed by atoms with Crippen molar-refractivity contribution in [1.82, 2.24) is 15.2 Å². The quantitative estimate of drug-likeness (QED) is 0.763. The normalized spacial score (nSPS) is 10.7. The smallest absolute Gasteiger partial charge is 0.137 e. The van der Waals surface area contributed by atoms with Crippen LogP contribution in [0.15, 0.2) is 36.5 Å². The maximum Gasteiger partial charge on any atom is 0.137 e. The molecule has 0 saturated carbocycles. The van der Waals surface area contributed by atoms with Crippen LogP contribution in [0, 0.1) is 6.92 Å². The van der Waals surface area contributed by atoms with E-state index in [-0.39, 0.29) is 0 Å². The number of hydrogen-bond donors (Lipinski definition) is 2. The summed E-state index contributed by atoms with van der Waals surface area (Å²) in [7, 11) is 1.68. The number of aromatic amines is 1. The zero-order valence-electron chi connectivity index (χ0n) is 11.5. The third-order valence-corrected chi connectivity index (χ3v) is 3.30. The number of ether oxygens (including phenoxy) is 1. The predicted octanol–water partition coefficient (Wildman–Crippen LogP) is 2.89. The Bertz CT molecular complexity index is 736. The number of methoxy groups -OCH3 is 1. The minimum atomic E-state index is 0.654. The number of benzene rings is 1. The third-order valence-electron chi connectivity index (χ3n) is 3.30. The van der Waals surface area contributed by atoms with Crippen molar-refractivity contribution >= 4 is 16.7 Å². The molecule has 2 heterocycles. The summed E-state index contributed by atoms with van der Waals surface area (Å²) in [5.41, 5.74) is 3.02. The van der Waals surface area contributed by atoms with E-state index in [1.54, 1.807) is 13.3 Å². The Kier molecular flexibility index (Phi) is 3.25. The Morgan fingerprint density at radius 3 is 2.95 bits per heavy atom. The van der Waals surface area contributed by atoms with Gasteiger partial charge >= 0.3 is 0 Å². The second-order valence-electron chi connectivity index (χ2n) is 4.56. The summed E-state index contributed by atoms with van der Waals surface area (Å²) < 4.78 is 5.35. The fourth-order valence-electron chi connectivity index (χ4n) is 2.28. The first-order valence-corrected chi connectivity index (χ1v) is 6.45. The van der Waals surface area contributed by atoms with E-state index in [0.29, 0.717) is 6.54 Å². The van der Waals surface area contributed by atoms with Crippen molar-refractivity contribution in [3.05, 3.63) is 47.8 Å². The van der Waals surface area contributed by atoms with Gasteiger partial charge in [0.05, 0.1) is 23.7 Å². The molecule has 0 bridgehead atoms. The Labute approximate surface area is 117 Å². The van der Waals surface area contributed by atoms with Gasteiger partial charge < -0.3 is 10.1 Å². The SMILES string of the molecule is COc1ccccc1CNc1nccc2[nH]nc(C)c12. The molecule has 2 aromatic heterocycles. The van der Waals surface area contributed by atoms with E-state index in [2.05, 4.69) is 20.5 Å². The number of rotatable bonds is 4. The van der Waals surface area contributed by atoms with Crippen molar-refractivity contribution in [2.75, 3.05) is 12.4 Å². The maximum absolute atomic E-state index is 5.35. The van der Waals surface area contributed by atoms with Crippen LogP contribution in [0.3, 0.4) is 0 Å². The number of hydrogen-bond acceptors (Lipinski definition) is 4. The molecule has 3 rings (SSSR count). The van der Waals surface area contributed by atoms with Crippen molar-refractivity contribution in [3.8, 4) is 5.75 Å². The lowest BCUT2D eigenvalue weighted by Crippen LogP contribution is -2.03. The van der Waals surface area contributed by atoms with E-state index >= 15 is 0 Å². The lowest BCUT2D eigenvalue weighted by atomic mass is 10.2. The van der Waals surface area contributed by atoms with E-state index in [1.165, 1.54) is 0 Å². The third kappa shape index (κ3) is 2.18. The number of anilines is 1. The Balaban J connectivity index is 1.89. The average molecular weight is 268 g/mol. The number of aryl methyl sites for hydroxylation is 1. The molecule has 0 saturated heterocycles. The van der Waals surface area contributed by atoms with Crippen LogP contribution in [0.4, 0.5) is 5.82 Å². The summed E-state index contributed by atoms with van der Waals surface area (Å²) in [6.45, 7) is 2.62. The van der Waals surface area contributed by atoms with Gasteiger partial charge in [0.1, 0.15) is 11.6 Å². The summed E-state index contributed by atoms with van der Waals surface area (Å²) in [5, 5.41) is 11.6. The topological polar surface area (TPSA) is 62.8 Å². The summed E-state index contributed by atoms with van der Waals surface area (Å²) >= 11 is 0. The molecule has 0 atom stereocenters. The van der Waals surface area contributed by atoms with Crippen LogP contribution < -0.4 is 10.1 Å². The van der Waals surface area contributed by atoms with Gasteiger partial charge in [-0.2, -0.15) is 5.10 Å². The average Bonchev–Trinajstić information content (AvgIpc) is 2.87. The summed E-state index contributed by atoms with van der Waals surface area (Å²) in [6.07, 6.45) is 1.77. The van der Waals surface area contributed by atoms with Gasteiger partial charge in [0.15, 0.2) is 0 Å². The van der Waals surface area contributed by atoms with Crippen LogP contribution in [-0.4, -0.2) is 22.3 Å². The summed E-state index contributed by atoms with van der Waals surface area (Å²) in [6, 6.07) is 9.87. The lowest BCUT2D eigenvalue weighted by molar-refractivity contribution is 0.410. The van der Waals surface area contributed by atoms with Crippen molar-refractivity contribution < 1.29 is 4.74 Å². The van der Waals surface area contributed by atoms with Gasteiger partial charge in [-0.05, 0) is 19.1 Å². The molecular weight excluding hydrogens is 252 g/mol. The highest BCUT2D eigenvalue weighted by Gasteiger charge is 2.09. The number of H-pyrrole nitrogens is 1. The highest BCUT2D eigenvalue weighted by molar-refractivity contribution is 5.91. The minimum Gasteiger partial charge on any atom is -0.496 e. The molecule has 1 aromatic carbocycles. The molecule has 0 radical (unpaired) electrons. The van der Waals surface area contributed by atoms with Gasteiger partial charge in [0.25, 0.3) is 0 Å². The number of nitrogens with zero attached hydrogens (tertiary/aromatic N) is 2. The van der Waals surface area contributed by atoms with E-state index < -0.39 is 0 Å². The van der Waals surface area contributed by atoms with E-state index in [1.807, 2.05) is 37.3 Å². The number of aromatic nitrogens is 3. The molecule has 0 aliphatic carbocycles. The van der Waals surface area contributed by atoms with Gasteiger partial charge in [-0.15, -0.1) is 0 Å². The van der Waals surface area contributed by atoms with E-state index in [4.69, 9.17) is 4.74 Å². The largest absolute Gasteiger partial charge is 0.496 e. The molecule has 5 heteroatoms. The number of pyridine rings is 1. The molecule has 0 aliphatic rings. The zero-order chi connectivity index (χ0) is 13.9. The number of fused-ring (bicyclic) bond motifs is 1. The molecule has 20 heavy (non-hydrogen) atoms. The molecule has 0 spiro atoms. The standard InChI is InChI=1S/C15H16N4O/c1-10-14-12(19-18-10)7-8-16-15(14)17-9-11-5-3-4-6-13(11)20-2/h3-8H,9H2,1-2H3,(H,16,17)(H,18,19). The lowest BCUT2D eigenvalue weighted by Gasteiger charge is -2.10. The second kappa shape index (κ2) is 5.21. The molecule has 3 aromatic rings. The number of para-hydroxylation sites is 1. The first-order chi connectivity index (χ1) is 9.79. The van der Waals surface area contributed by atoms with Gasteiger partial charge in [-0.25, -0.2) is 4.98 Å². The van der Waals surface area contributed by atoms with Crippen LogP contribution >= 0.6 is 0 Å². The first-order valence-electron chi connectivity index (χ1n) is 6.45. The second-order valence-corrected chi connectivity index (χ2v) is 4.56. The predicted molar refractivity (Wildman–Crippen MR) is 78.9 cm³/mol. The Morgan fingerprint density at radius 2 is 2.10 bits per heavy atom. The molecule has 0 unspecified atom stereocenters. The Morgan fingerprint density at radius 1 is 1.25 bits per heavy atom. The van der Waals surface area contributed by atoms with E-state index in [0.717, 1.165) is 33.7 Å². The van der Waals surface area contributed by atoms with Crippen molar-refractivity contribution in [2.24, 2.45) is 0 Å². The van der Waals surface area contributed by atoms with Crippen LogP contribution in [0.5, 0.6) is 5.75 Å². The Hall–Kier alpha value is -2.56. The number of nitrogens with one attached hydrogen (secondary N) is 2. The molecule has 0 fully saturated rings. The molecule has 0 aliphatic heterocycles. The van der Waals surface area contributed by atoms with Gasteiger partial charge in [-0.3, -0.25) is 5.10 Å². The maximum atomic E-state index is 5.35. The zero-order valence-corrected chi connectivity index (χ0v) is 11.5. The van der Waals surface area contributed by atoms with E-state index in [9.17, 15) is 0 Å². The highest BCUT2D eigenvalue weighted by Crippen LogP contribution is 2.24. The fraction of sp³-hybridized carbons (Fsp3) is 0.200. The van der Waals surface area contributed by atoms with Crippen molar-refractivity contribution in [3.63, 3.8) is 0 Å². The van der Waals surface area contributed by atoms with Gasteiger partial charge in [-0.1, -0.05) is 18.2 Å². The molecule has 2 N–H and O–H groups in total. The molecule has 5 nitrogen and oxygen atoms in total. The molecular formula is C15H16N4O. The van der Waals surface area contributed by atoms with Crippen LogP contribution in [0.2, 0.25) is 0 Å². The fourth-order valence-corrected chi connectivity index (χ4v) is 2.28. The van der Waals surface area contributed by atoms with Crippen molar-refractivity contribution in [2.45, 2.75) is 13.5 Å². The molecule has 0 amide bonds. The minimum absolute atomic E-state index is 0.654. The summed E-state index contributed by atoms with van der Waals surface area (Å²) in [5.74, 6) is 1.70. The van der Waals surface area contributed by atoms with Gasteiger partial charge in [0.2, 0.25) is 0 Å². The van der Waals surface area contributed by atoms with Crippen LogP contribution in [0.1, 0.15) is 11.3 Å². The monoisotopic (exact) mass is 268 g/mol. The highest BCUT2D eigenvalue weighted by atomic mass is 16.5.